The van der Waals surface area contributed by atoms with E-state index in [-0.39, 0.29) is 28.8 Å². The predicted octanol–water partition coefficient (Wildman–Crippen LogP) is 3.26. The van der Waals surface area contributed by atoms with E-state index in [1.165, 1.54) is 10.4 Å². The van der Waals surface area contributed by atoms with E-state index in [0.29, 0.717) is 23.4 Å². The van der Waals surface area contributed by atoms with Crippen molar-refractivity contribution in [2.24, 2.45) is 16.8 Å². The Morgan fingerprint density at radius 3 is 2.38 bits per heavy atom. The van der Waals surface area contributed by atoms with Gasteiger partial charge in [-0.1, -0.05) is 46.6 Å². The average Bonchev–Trinajstić information content (AvgIpc) is 2.72. The molecular weight excluding hydrogens is 437 g/mol. The molecule has 0 aliphatic carbocycles. The maximum absolute atomic E-state index is 12.6. The van der Waals surface area contributed by atoms with Gasteiger partial charge in [0.2, 0.25) is 10.0 Å². The van der Waals surface area contributed by atoms with Gasteiger partial charge in [0.05, 0.1) is 15.8 Å². The molecule has 7 nitrogen and oxygen atoms in total. The molecule has 10 heteroatoms. The summed E-state index contributed by atoms with van der Waals surface area (Å²) in [6, 6.07) is 12.9. The number of hydrogen-bond acceptors (Lipinski definition) is 5. The normalized spacial score (nSPS) is 16.6. The molecule has 0 amide bonds. The highest BCUT2D eigenvalue weighted by atomic mass is 35.5. The summed E-state index contributed by atoms with van der Waals surface area (Å²) < 4.78 is 26.7. The molecule has 0 unspecified atom stereocenters. The van der Waals surface area contributed by atoms with Gasteiger partial charge in [0.15, 0.2) is 5.84 Å². The van der Waals surface area contributed by atoms with Crippen LogP contribution in [0, 0.1) is 5.92 Å². The summed E-state index contributed by atoms with van der Waals surface area (Å²) in [7, 11) is -3.57. The Labute approximate surface area is 179 Å². The Bertz CT molecular complexity index is 1020. The lowest BCUT2D eigenvalue weighted by atomic mass is 9.99. The van der Waals surface area contributed by atoms with Crippen molar-refractivity contribution in [1.29, 1.82) is 0 Å². The first-order valence-corrected chi connectivity index (χ1v) is 11.0. The van der Waals surface area contributed by atoms with E-state index >= 15 is 0 Å². The monoisotopic (exact) mass is 455 g/mol. The summed E-state index contributed by atoms with van der Waals surface area (Å²) in [4.78, 5) is 17.5. The van der Waals surface area contributed by atoms with Crippen molar-refractivity contribution in [3.63, 3.8) is 0 Å². The molecule has 0 bridgehead atoms. The van der Waals surface area contributed by atoms with Crippen LogP contribution in [0.2, 0.25) is 10.0 Å². The minimum absolute atomic E-state index is 0.0518. The minimum atomic E-state index is -3.57. The number of sulfonamides is 1. The molecule has 2 aromatic rings. The molecule has 0 saturated carbocycles. The first-order chi connectivity index (χ1) is 13.8. The Morgan fingerprint density at radius 2 is 1.76 bits per heavy atom. The van der Waals surface area contributed by atoms with E-state index in [1.807, 2.05) is 0 Å². The number of carbonyl (C=O) groups excluding carboxylic acids is 1. The number of nitrogens with zero attached hydrogens (tertiary/aromatic N) is 2. The molecule has 2 aromatic carbocycles. The number of hydrogen-bond donors (Lipinski definition) is 1. The Balaban J connectivity index is 1.59. The zero-order valence-corrected chi connectivity index (χ0v) is 17.6. The maximum Gasteiger partial charge on any atom is 0.338 e. The van der Waals surface area contributed by atoms with Crippen molar-refractivity contribution in [1.82, 2.24) is 4.31 Å². The molecule has 0 spiro atoms. The van der Waals surface area contributed by atoms with E-state index in [2.05, 4.69) is 5.16 Å². The molecular formula is C19H19Cl2N3O4S. The van der Waals surface area contributed by atoms with Crippen molar-refractivity contribution < 1.29 is 18.0 Å². The average molecular weight is 456 g/mol. The fraction of sp³-hybridized carbons (Fsp3) is 0.263. The van der Waals surface area contributed by atoms with Crippen LogP contribution in [0.5, 0.6) is 0 Å². The number of nitrogens with two attached hydrogens (primary N) is 1. The van der Waals surface area contributed by atoms with Crippen LogP contribution in [0.4, 0.5) is 0 Å². The Hall–Kier alpha value is -2.13. The summed E-state index contributed by atoms with van der Waals surface area (Å²) in [5.41, 5.74) is 6.22. The van der Waals surface area contributed by atoms with Gasteiger partial charge in [0, 0.05) is 23.7 Å². The molecule has 1 heterocycles. The van der Waals surface area contributed by atoms with Gasteiger partial charge in [0.25, 0.3) is 0 Å². The molecule has 0 atom stereocenters. The summed E-state index contributed by atoms with van der Waals surface area (Å²) in [5.74, 6) is -1.08. The molecule has 1 aliphatic rings. The van der Waals surface area contributed by atoms with Gasteiger partial charge >= 0.3 is 5.97 Å². The molecule has 1 fully saturated rings. The van der Waals surface area contributed by atoms with Crippen LogP contribution < -0.4 is 5.73 Å². The van der Waals surface area contributed by atoms with Crippen molar-refractivity contribution in [2.45, 2.75) is 17.7 Å². The van der Waals surface area contributed by atoms with Crippen molar-refractivity contribution in [3.05, 3.63) is 64.1 Å². The van der Waals surface area contributed by atoms with Crippen LogP contribution in [0.15, 0.2) is 58.6 Å². The largest absolute Gasteiger partial charge is 0.380 e. The Morgan fingerprint density at radius 1 is 1.10 bits per heavy atom. The van der Waals surface area contributed by atoms with Gasteiger partial charge < -0.3 is 10.6 Å². The van der Waals surface area contributed by atoms with Crippen molar-refractivity contribution in [3.8, 4) is 0 Å². The highest BCUT2D eigenvalue weighted by Gasteiger charge is 2.33. The van der Waals surface area contributed by atoms with Crippen molar-refractivity contribution in [2.75, 3.05) is 13.1 Å². The fourth-order valence-electron chi connectivity index (χ4n) is 2.99. The highest BCUT2D eigenvalue weighted by Crippen LogP contribution is 2.25. The number of rotatable bonds is 5. The second-order valence-electron chi connectivity index (χ2n) is 6.50. The number of carbonyl (C=O) groups is 1. The molecule has 154 valence electrons. The fourth-order valence-corrected chi connectivity index (χ4v) is 4.98. The molecule has 29 heavy (non-hydrogen) atoms. The van der Waals surface area contributed by atoms with Gasteiger partial charge in [-0.3, -0.25) is 0 Å². The zero-order valence-electron chi connectivity index (χ0n) is 15.3. The highest BCUT2D eigenvalue weighted by molar-refractivity contribution is 7.89. The van der Waals surface area contributed by atoms with Gasteiger partial charge in [0.1, 0.15) is 0 Å². The quantitative estimate of drug-likeness (QED) is 0.322. The SMILES string of the molecule is N/C(=N\OC(=O)C1CCN(S(=O)(=O)c2ccccc2)CC1)c1ccc(Cl)cc1Cl. The van der Waals surface area contributed by atoms with E-state index in [9.17, 15) is 13.2 Å². The third-order valence-corrected chi connectivity index (χ3v) is 7.07. The number of piperidine rings is 1. The van der Waals surface area contributed by atoms with Crippen LogP contribution >= 0.6 is 23.2 Å². The standard InChI is InChI=1S/C19H19Cl2N3O4S/c20-14-6-7-16(17(21)12-14)18(22)23-28-19(25)13-8-10-24(11-9-13)29(26,27)15-4-2-1-3-5-15/h1-7,12-13H,8-11H2,(H2,22,23). The van der Waals surface area contributed by atoms with Gasteiger partial charge in [-0.2, -0.15) is 4.31 Å². The van der Waals surface area contributed by atoms with Crippen LogP contribution in [-0.4, -0.2) is 37.6 Å². The topological polar surface area (TPSA) is 102 Å². The molecule has 1 saturated heterocycles. The number of oxime groups is 1. The third kappa shape index (κ3) is 5.08. The summed E-state index contributed by atoms with van der Waals surface area (Å²) in [6.07, 6.45) is 0.671. The first kappa shape index (κ1) is 21.6. The molecule has 3 rings (SSSR count). The zero-order chi connectivity index (χ0) is 21.0. The maximum atomic E-state index is 12.6. The minimum Gasteiger partial charge on any atom is -0.380 e. The summed E-state index contributed by atoms with van der Waals surface area (Å²) in [5, 5.41) is 4.39. The number of benzene rings is 2. The van der Waals surface area contributed by atoms with Crippen molar-refractivity contribution >= 4 is 45.0 Å². The van der Waals surface area contributed by atoms with E-state index in [4.69, 9.17) is 33.8 Å². The summed E-state index contributed by atoms with van der Waals surface area (Å²) in [6.45, 7) is 0.443. The van der Waals surface area contributed by atoms with Gasteiger partial charge in [-0.25, -0.2) is 13.2 Å². The molecule has 2 N–H and O–H groups in total. The van der Waals surface area contributed by atoms with E-state index < -0.39 is 21.9 Å². The van der Waals surface area contributed by atoms with Crippen LogP contribution in [0.3, 0.4) is 0 Å². The molecule has 1 aliphatic heterocycles. The van der Waals surface area contributed by atoms with Crippen LogP contribution in [0.1, 0.15) is 18.4 Å². The lowest BCUT2D eigenvalue weighted by molar-refractivity contribution is -0.149. The summed E-state index contributed by atoms with van der Waals surface area (Å²) >= 11 is 11.9. The van der Waals surface area contributed by atoms with Gasteiger partial charge in [-0.15, -0.1) is 0 Å². The Kier molecular flexibility index (Phi) is 6.79. The van der Waals surface area contributed by atoms with Crippen LogP contribution in [-0.2, 0) is 19.7 Å². The lowest BCUT2D eigenvalue weighted by Gasteiger charge is -2.29. The van der Waals surface area contributed by atoms with Crippen LogP contribution in [0.25, 0.3) is 0 Å². The lowest BCUT2D eigenvalue weighted by Crippen LogP contribution is -2.40. The number of halogens is 2. The third-order valence-electron chi connectivity index (χ3n) is 4.61. The molecule has 0 radical (unpaired) electrons. The van der Waals surface area contributed by atoms with E-state index in [1.54, 1.807) is 42.5 Å². The predicted molar refractivity (Wildman–Crippen MR) is 111 cm³/mol. The second-order valence-corrected chi connectivity index (χ2v) is 9.28. The molecule has 0 aromatic heterocycles. The van der Waals surface area contributed by atoms with E-state index in [0.717, 1.165) is 0 Å². The number of amidine groups is 1. The van der Waals surface area contributed by atoms with Gasteiger partial charge in [-0.05, 0) is 43.2 Å². The smallest absolute Gasteiger partial charge is 0.338 e. The first-order valence-electron chi connectivity index (χ1n) is 8.84. The second kappa shape index (κ2) is 9.13.